The molecular formula is C17H8O3. The summed E-state index contributed by atoms with van der Waals surface area (Å²) in [6.45, 7) is 0. The van der Waals surface area contributed by atoms with Crippen LogP contribution in [0.5, 0.6) is 0 Å². The van der Waals surface area contributed by atoms with Crippen LogP contribution >= 0.6 is 0 Å². The predicted octanol–water partition coefficient (Wildman–Crippen LogP) is 4.39. The van der Waals surface area contributed by atoms with Crippen LogP contribution in [0.4, 0.5) is 0 Å². The van der Waals surface area contributed by atoms with Gasteiger partial charge in [-0.25, -0.2) is 0 Å². The van der Waals surface area contributed by atoms with E-state index in [9.17, 15) is 4.79 Å². The standard InChI is InChI=1S/C17H8O3/c18-17-13-7-15-9(1-3-19-15)5-11(13)12-6-10-2-4-20-16(10)8-14(12)17/h1-8H. The highest BCUT2D eigenvalue weighted by molar-refractivity contribution is 6.24. The van der Waals surface area contributed by atoms with Crippen LogP contribution in [0.25, 0.3) is 33.1 Å². The highest BCUT2D eigenvalue weighted by Gasteiger charge is 2.28. The molecule has 0 unspecified atom stereocenters. The van der Waals surface area contributed by atoms with E-state index in [-0.39, 0.29) is 5.78 Å². The van der Waals surface area contributed by atoms with Gasteiger partial charge in [-0.3, -0.25) is 4.79 Å². The molecule has 0 N–H and O–H groups in total. The van der Waals surface area contributed by atoms with Gasteiger partial charge in [-0.05, 0) is 47.5 Å². The molecule has 0 radical (unpaired) electrons. The molecule has 2 aromatic carbocycles. The Kier molecular flexibility index (Phi) is 1.60. The molecule has 3 heteroatoms. The Morgan fingerprint density at radius 1 is 0.650 bits per heavy atom. The molecule has 0 aliphatic heterocycles. The van der Waals surface area contributed by atoms with Crippen LogP contribution in [-0.4, -0.2) is 5.78 Å². The second-order valence-corrected chi connectivity index (χ2v) is 5.04. The number of fused-ring (bicyclic) bond motifs is 5. The van der Waals surface area contributed by atoms with Crippen molar-refractivity contribution < 1.29 is 13.6 Å². The molecule has 0 saturated heterocycles. The quantitative estimate of drug-likeness (QED) is 0.414. The Morgan fingerprint density at radius 3 is 1.65 bits per heavy atom. The maximum atomic E-state index is 12.5. The molecule has 2 heterocycles. The minimum atomic E-state index is 0.0339. The predicted molar refractivity (Wildman–Crippen MR) is 74.9 cm³/mol. The summed E-state index contributed by atoms with van der Waals surface area (Å²) in [5.41, 5.74) is 4.84. The fourth-order valence-corrected chi connectivity index (χ4v) is 2.99. The third-order valence-corrected chi connectivity index (χ3v) is 3.96. The molecule has 0 bridgehead atoms. The van der Waals surface area contributed by atoms with Crippen LogP contribution in [-0.2, 0) is 0 Å². The van der Waals surface area contributed by atoms with Gasteiger partial charge in [0, 0.05) is 21.9 Å². The van der Waals surface area contributed by atoms with E-state index in [1.807, 2.05) is 36.4 Å². The van der Waals surface area contributed by atoms with Gasteiger partial charge in [0.05, 0.1) is 12.5 Å². The molecule has 2 aromatic heterocycles. The van der Waals surface area contributed by atoms with E-state index >= 15 is 0 Å². The zero-order chi connectivity index (χ0) is 13.3. The first kappa shape index (κ1) is 10.0. The summed E-state index contributed by atoms with van der Waals surface area (Å²) < 4.78 is 10.8. The molecule has 94 valence electrons. The van der Waals surface area contributed by atoms with Crippen molar-refractivity contribution in [3.8, 4) is 11.1 Å². The smallest absolute Gasteiger partial charge is 0.194 e. The Morgan fingerprint density at radius 2 is 1.15 bits per heavy atom. The van der Waals surface area contributed by atoms with E-state index in [4.69, 9.17) is 8.83 Å². The lowest BCUT2D eigenvalue weighted by Crippen LogP contribution is -1.94. The maximum absolute atomic E-state index is 12.5. The first-order chi connectivity index (χ1) is 9.81. The van der Waals surface area contributed by atoms with Crippen molar-refractivity contribution in [2.75, 3.05) is 0 Å². The fourth-order valence-electron chi connectivity index (χ4n) is 2.99. The Labute approximate surface area is 113 Å². The Hall–Kier alpha value is -2.81. The number of furan rings is 2. The lowest BCUT2D eigenvalue weighted by atomic mass is 10.0. The summed E-state index contributed by atoms with van der Waals surface area (Å²) in [5.74, 6) is 0.0339. The maximum Gasteiger partial charge on any atom is 0.194 e. The van der Waals surface area contributed by atoms with Gasteiger partial charge in [0.1, 0.15) is 11.2 Å². The topological polar surface area (TPSA) is 43.4 Å². The summed E-state index contributed by atoms with van der Waals surface area (Å²) in [5, 5.41) is 2.02. The van der Waals surface area contributed by atoms with Gasteiger partial charge < -0.3 is 8.83 Å². The van der Waals surface area contributed by atoms with Crippen LogP contribution in [0.2, 0.25) is 0 Å². The van der Waals surface area contributed by atoms with Crippen LogP contribution in [0, 0.1) is 0 Å². The van der Waals surface area contributed by atoms with E-state index in [1.54, 1.807) is 12.5 Å². The minimum Gasteiger partial charge on any atom is -0.464 e. The van der Waals surface area contributed by atoms with E-state index in [0.29, 0.717) is 11.1 Å². The number of hydrogen-bond donors (Lipinski definition) is 0. The molecule has 1 aliphatic carbocycles. The first-order valence-corrected chi connectivity index (χ1v) is 6.39. The zero-order valence-corrected chi connectivity index (χ0v) is 10.3. The molecular weight excluding hydrogens is 252 g/mol. The number of hydrogen-bond acceptors (Lipinski definition) is 3. The molecule has 1 aliphatic rings. The molecule has 0 saturated carbocycles. The van der Waals surface area contributed by atoms with E-state index < -0.39 is 0 Å². The number of carbonyl (C=O) groups excluding carboxylic acids is 1. The Bertz CT molecular complexity index is 935. The average molecular weight is 260 g/mol. The first-order valence-electron chi connectivity index (χ1n) is 6.39. The van der Waals surface area contributed by atoms with Crippen molar-refractivity contribution in [3.05, 3.63) is 60.1 Å². The molecule has 5 rings (SSSR count). The summed E-state index contributed by atoms with van der Waals surface area (Å²) in [6, 6.07) is 11.5. The van der Waals surface area contributed by atoms with Crippen molar-refractivity contribution in [2.45, 2.75) is 0 Å². The van der Waals surface area contributed by atoms with E-state index in [2.05, 4.69) is 0 Å². The molecule has 0 amide bonds. The minimum absolute atomic E-state index is 0.0339. The van der Waals surface area contributed by atoms with Crippen molar-refractivity contribution in [3.63, 3.8) is 0 Å². The second kappa shape index (κ2) is 3.20. The van der Waals surface area contributed by atoms with Gasteiger partial charge in [-0.1, -0.05) is 0 Å². The van der Waals surface area contributed by atoms with Crippen LogP contribution in [0.1, 0.15) is 15.9 Å². The zero-order valence-electron chi connectivity index (χ0n) is 10.3. The molecule has 0 spiro atoms. The largest absolute Gasteiger partial charge is 0.464 e. The molecule has 3 nitrogen and oxygen atoms in total. The third kappa shape index (κ3) is 1.08. The van der Waals surface area contributed by atoms with Gasteiger partial charge in [0.2, 0.25) is 0 Å². The summed E-state index contributed by atoms with van der Waals surface area (Å²) in [6.07, 6.45) is 3.29. The molecule has 20 heavy (non-hydrogen) atoms. The van der Waals surface area contributed by atoms with Crippen LogP contribution in [0.15, 0.2) is 57.8 Å². The van der Waals surface area contributed by atoms with E-state index in [0.717, 1.165) is 33.1 Å². The van der Waals surface area contributed by atoms with Gasteiger partial charge in [0.25, 0.3) is 0 Å². The monoisotopic (exact) mass is 260 g/mol. The second-order valence-electron chi connectivity index (χ2n) is 5.04. The average Bonchev–Trinajstić information content (AvgIpc) is 3.15. The van der Waals surface area contributed by atoms with Gasteiger partial charge in [0.15, 0.2) is 5.78 Å². The third-order valence-electron chi connectivity index (χ3n) is 3.96. The van der Waals surface area contributed by atoms with Crippen molar-refractivity contribution >= 4 is 27.7 Å². The van der Waals surface area contributed by atoms with Gasteiger partial charge in [-0.2, -0.15) is 0 Å². The lowest BCUT2D eigenvalue weighted by Gasteiger charge is -2.00. The Balaban J connectivity index is 1.94. The van der Waals surface area contributed by atoms with Gasteiger partial charge in [-0.15, -0.1) is 0 Å². The lowest BCUT2D eigenvalue weighted by molar-refractivity contribution is 0.104. The molecule has 4 aromatic rings. The van der Waals surface area contributed by atoms with Gasteiger partial charge >= 0.3 is 0 Å². The normalized spacial score (nSPS) is 13.1. The van der Waals surface area contributed by atoms with Crippen molar-refractivity contribution in [2.24, 2.45) is 0 Å². The SMILES string of the molecule is O=C1c2cc3occc3cc2-c2cc3ccoc3cc21. The summed E-state index contributed by atoms with van der Waals surface area (Å²) >= 11 is 0. The number of benzene rings is 2. The number of carbonyl (C=O) groups is 1. The number of rotatable bonds is 0. The highest BCUT2D eigenvalue weighted by atomic mass is 16.3. The number of ketones is 1. The van der Waals surface area contributed by atoms with Crippen molar-refractivity contribution in [1.29, 1.82) is 0 Å². The van der Waals surface area contributed by atoms with Crippen LogP contribution in [0.3, 0.4) is 0 Å². The summed E-state index contributed by atoms with van der Waals surface area (Å²) in [4.78, 5) is 12.5. The fraction of sp³-hybridized carbons (Fsp3) is 0. The highest BCUT2D eigenvalue weighted by Crippen LogP contribution is 2.41. The molecule has 0 atom stereocenters. The van der Waals surface area contributed by atoms with Crippen molar-refractivity contribution in [1.82, 2.24) is 0 Å². The van der Waals surface area contributed by atoms with Crippen LogP contribution < -0.4 is 0 Å². The van der Waals surface area contributed by atoms with E-state index in [1.165, 1.54) is 0 Å². The summed E-state index contributed by atoms with van der Waals surface area (Å²) in [7, 11) is 0. The molecule has 0 fully saturated rings.